The lowest BCUT2D eigenvalue weighted by molar-refractivity contribution is -0.119. The molecule has 2 aromatic carbocycles. The number of fused-ring (bicyclic) bond motifs is 1. The van der Waals surface area contributed by atoms with E-state index in [0.29, 0.717) is 5.56 Å². The first-order valence-electron chi connectivity index (χ1n) is 8.47. The minimum Gasteiger partial charge on any atom is -0.309 e. The van der Waals surface area contributed by atoms with Gasteiger partial charge >= 0.3 is 0 Å². The van der Waals surface area contributed by atoms with Gasteiger partial charge in [0.25, 0.3) is 0 Å². The molecule has 1 amide bonds. The predicted molar refractivity (Wildman–Crippen MR) is 107 cm³/mol. The van der Waals surface area contributed by atoms with Crippen LogP contribution in [0.25, 0.3) is 0 Å². The van der Waals surface area contributed by atoms with Crippen molar-refractivity contribution >= 4 is 37.5 Å². The minimum absolute atomic E-state index is 0.0195. The summed E-state index contributed by atoms with van der Waals surface area (Å²) in [7, 11) is -3.55. The molecule has 0 radical (unpaired) electrons. The lowest BCUT2D eigenvalue weighted by Gasteiger charge is -2.26. The van der Waals surface area contributed by atoms with E-state index in [9.17, 15) is 17.6 Å². The number of nitrogens with zero attached hydrogens (tertiary/aromatic N) is 1. The van der Waals surface area contributed by atoms with Crippen molar-refractivity contribution in [3.8, 4) is 0 Å². The lowest BCUT2D eigenvalue weighted by Crippen LogP contribution is -2.39. The topological polar surface area (TPSA) is 66.5 Å². The van der Waals surface area contributed by atoms with E-state index < -0.39 is 21.9 Å². The van der Waals surface area contributed by atoms with Gasteiger partial charge in [-0.25, -0.2) is 17.5 Å². The second-order valence-corrected chi connectivity index (χ2v) is 9.48. The van der Waals surface area contributed by atoms with E-state index in [0.717, 1.165) is 28.4 Å². The van der Waals surface area contributed by atoms with Gasteiger partial charge < -0.3 is 4.90 Å². The summed E-state index contributed by atoms with van der Waals surface area (Å²) in [6, 6.07) is 10.5. The fourth-order valence-corrected chi connectivity index (χ4v) is 4.58. The molecule has 1 aliphatic rings. The van der Waals surface area contributed by atoms with Crippen molar-refractivity contribution in [2.75, 3.05) is 11.2 Å². The second kappa shape index (κ2) is 7.69. The highest BCUT2D eigenvalue weighted by Gasteiger charge is 2.32. The molecule has 0 saturated carbocycles. The van der Waals surface area contributed by atoms with Crippen LogP contribution in [0.3, 0.4) is 0 Å². The molecule has 0 unspecified atom stereocenters. The van der Waals surface area contributed by atoms with Crippen LogP contribution in [0.1, 0.15) is 30.5 Å². The average Bonchev–Trinajstić information content (AvgIpc) is 2.88. The van der Waals surface area contributed by atoms with Gasteiger partial charge in [0.2, 0.25) is 15.9 Å². The van der Waals surface area contributed by atoms with Gasteiger partial charge in [0.15, 0.2) is 0 Å². The number of carbonyl (C=O) groups is 1. The Bertz CT molecular complexity index is 963. The number of hydrogen-bond acceptors (Lipinski definition) is 3. The molecule has 2 aromatic rings. The molecule has 3 rings (SSSR count). The van der Waals surface area contributed by atoms with E-state index in [1.165, 1.54) is 24.3 Å². The molecule has 8 heteroatoms. The maximum Gasteiger partial charge on any atom is 0.229 e. The maximum absolute atomic E-state index is 13.2. The Labute approximate surface area is 166 Å². The zero-order valence-corrected chi connectivity index (χ0v) is 17.3. The first-order chi connectivity index (χ1) is 12.6. The van der Waals surface area contributed by atoms with Gasteiger partial charge in [-0.3, -0.25) is 4.79 Å². The van der Waals surface area contributed by atoms with Crippen LogP contribution >= 0.6 is 15.9 Å². The van der Waals surface area contributed by atoms with E-state index in [2.05, 4.69) is 20.7 Å². The number of rotatable bonds is 5. The van der Waals surface area contributed by atoms with Gasteiger partial charge in [-0.05, 0) is 54.8 Å². The van der Waals surface area contributed by atoms with Crippen molar-refractivity contribution in [1.29, 1.82) is 0 Å². The zero-order valence-electron chi connectivity index (χ0n) is 14.9. The molecule has 2 atom stereocenters. The third-order valence-corrected chi connectivity index (χ3v) is 5.74. The van der Waals surface area contributed by atoms with E-state index in [1.807, 2.05) is 25.1 Å². The van der Waals surface area contributed by atoms with Crippen LogP contribution in [0.15, 0.2) is 46.9 Å². The van der Waals surface area contributed by atoms with Crippen LogP contribution < -0.4 is 9.62 Å². The monoisotopic (exact) mass is 454 g/mol. The molecular weight excluding hydrogens is 435 g/mol. The SMILES string of the molecule is C[C@@H]1Cc2cc(Br)ccc2N1C(=O)C[C@H](NS(C)(=O)=O)c1ccc(F)cc1. The number of benzene rings is 2. The molecule has 1 N–H and O–H groups in total. The van der Waals surface area contributed by atoms with Crippen LogP contribution in [-0.4, -0.2) is 26.6 Å². The van der Waals surface area contributed by atoms with Crippen LogP contribution in [0, 0.1) is 5.82 Å². The van der Waals surface area contributed by atoms with Gasteiger partial charge in [-0.15, -0.1) is 0 Å². The van der Waals surface area contributed by atoms with Crippen LogP contribution in [0.2, 0.25) is 0 Å². The van der Waals surface area contributed by atoms with Crippen molar-refractivity contribution in [3.63, 3.8) is 0 Å². The van der Waals surface area contributed by atoms with E-state index in [-0.39, 0.29) is 18.4 Å². The maximum atomic E-state index is 13.2. The molecule has 0 aromatic heterocycles. The number of anilines is 1. The summed E-state index contributed by atoms with van der Waals surface area (Å²) in [6.45, 7) is 1.96. The number of amides is 1. The first kappa shape index (κ1) is 20.0. The highest BCUT2D eigenvalue weighted by molar-refractivity contribution is 9.10. The van der Waals surface area contributed by atoms with Crippen LogP contribution in [0.5, 0.6) is 0 Å². The summed E-state index contributed by atoms with van der Waals surface area (Å²) in [6.07, 6.45) is 1.72. The van der Waals surface area contributed by atoms with Gasteiger partial charge in [0.05, 0.1) is 12.3 Å². The third kappa shape index (κ3) is 4.75. The highest BCUT2D eigenvalue weighted by Crippen LogP contribution is 2.35. The molecule has 1 heterocycles. The molecule has 0 spiro atoms. The van der Waals surface area contributed by atoms with Gasteiger partial charge in [0, 0.05) is 22.6 Å². The van der Waals surface area contributed by atoms with Crippen molar-refractivity contribution in [2.24, 2.45) is 0 Å². The predicted octanol–water partition coefficient (Wildman–Crippen LogP) is 3.55. The van der Waals surface area contributed by atoms with Crippen molar-refractivity contribution in [2.45, 2.75) is 31.8 Å². The molecule has 0 bridgehead atoms. The van der Waals surface area contributed by atoms with Gasteiger partial charge in [-0.1, -0.05) is 28.1 Å². The Morgan fingerprint density at radius 2 is 1.96 bits per heavy atom. The molecule has 27 heavy (non-hydrogen) atoms. The van der Waals surface area contributed by atoms with Gasteiger partial charge in [-0.2, -0.15) is 0 Å². The lowest BCUT2D eigenvalue weighted by atomic mass is 10.0. The Morgan fingerprint density at radius 3 is 2.59 bits per heavy atom. The summed E-state index contributed by atoms with van der Waals surface area (Å²) in [4.78, 5) is 14.8. The number of nitrogens with one attached hydrogen (secondary N) is 1. The number of carbonyl (C=O) groups excluding carboxylic acids is 1. The largest absolute Gasteiger partial charge is 0.309 e. The highest BCUT2D eigenvalue weighted by atomic mass is 79.9. The number of sulfonamides is 1. The molecule has 5 nitrogen and oxygen atoms in total. The molecule has 0 fully saturated rings. The van der Waals surface area contributed by atoms with Gasteiger partial charge in [0.1, 0.15) is 5.82 Å². The number of halogens is 2. The Morgan fingerprint density at radius 1 is 1.30 bits per heavy atom. The summed E-state index contributed by atoms with van der Waals surface area (Å²) in [5.74, 6) is -0.607. The normalized spacial score (nSPS) is 17.6. The first-order valence-corrected chi connectivity index (χ1v) is 11.2. The molecule has 1 aliphatic heterocycles. The van der Waals surface area contributed by atoms with E-state index in [1.54, 1.807) is 4.90 Å². The summed E-state index contributed by atoms with van der Waals surface area (Å²) < 4.78 is 40.2. The summed E-state index contributed by atoms with van der Waals surface area (Å²) in [5, 5.41) is 0. The quantitative estimate of drug-likeness (QED) is 0.750. The van der Waals surface area contributed by atoms with Crippen molar-refractivity contribution in [3.05, 3.63) is 63.9 Å². The van der Waals surface area contributed by atoms with E-state index in [4.69, 9.17) is 0 Å². The second-order valence-electron chi connectivity index (χ2n) is 6.79. The Hall–Kier alpha value is -1.77. The Balaban J connectivity index is 1.87. The third-order valence-electron chi connectivity index (χ3n) is 4.53. The molecular formula is C19H20BrFN2O3S. The fourth-order valence-electron chi connectivity index (χ4n) is 3.43. The zero-order chi connectivity index (χ0) is 19.8. The van der Waals surface area contributed by atoms with Crippen LogP contribution in [-0.2, 0) is 21.2 Å². The summed E-state index contributed by atoms with van der Waals surface area (Å²) in [5.41, 5.74) is 2.45. The van der Waals surface area contributed by atoms with Crippen LogP contribution in [0.4, 0.5) is 10.1 Å². The molecule has 144 valence electrons. The molecule has 0 aliphatic carbocycles. The molecule has 0 saturated heterocycles. The smallest absolute Gasteiger partial charge is 0.229 e. The number of hydrogen-bond donors (Lipinski definition) is 1. The fraction of sp³-hybridized carbons (Fsp3) is 0.316. The van der Waals surface area contributed by atoms with Crippen molar-refractivity contribution < 1.29 is 17.6 Å². The average molecular weight is 455 g/mol. The Kier molecular flexibility index (Phi) is 5.69. The standard InChI is InChI=1S/C19H20BrFN2O3S/c1-12-9-14-10-15(20)5-8-18(14)23(12)19(24)11-17(22-27(2,25)26)13-3-6-16(21)7-4-13/h3-8,10,12,17,22H,9,11H2,1-2H3/t12-,17+/m1/s1. The summed E-state index contributed by atoms with van der Waals surface area (Å²) >= 11 is 3.44. The van der Waals surface area contributed by atoms with E-state index >= 15 is 0 Å². The minimum atomic E-state index is -3.55. The van der Waals surface area contributed by atoms with Crippen molar-refractivity contribution in [1.82, 2.24) is 4.72 Å².